The standard InChI is InChI=1S/C21H30Cl2N4O3/c1-21(2,3)30-20(29)27-7-6-15(14-27)13-25-8-10-26(11-9-25)19(28)24-16-4-5-17(22)18(23)12-16/h4-5,12,15H,6-11,13-14H2,1-3H3,(H,24,28). The lowest BCUT2D eigenvalue weighted by molar-refractivity contribution is 0.0283. The molecule has 0 aliphatic carbocycles. The predicted molar refractivity (Wildman–Crippen MR) is 119 cm³/mol. The van der Waals surface area contributed by atoms with E-state index >= 15 is 0 Å². The Bertz CT molecular complexity index is 776. The number of hydrogen-bond donors (Lipinski definition) is 1. The second-order valence-corrected chi connectivity index (χ2v) is 9.74. The van der Waals surface area contributed by atoms with Crippen LogP contribution >= 0.6 is 23.2 Å². The Labute approximate surface area is 188 Å². The number of carbonyl (C=O) groups excluding carboxylic acids is 2. The lowest BCUT2D eigenvalue weighted by Gasteiger charge is -2.35. The van der Waals surface area contributed by atoms with Crippen LogP contribution in [0.15, 0.2) is 18.2 Å². The van der Waals surface area contributed by atoms with Gasteiger partial charge in [-0.15, -0.1) is 0 Å². The molecular weight excluding hydrogens is 427 g/mol. The number of piperazine rings is 1. The first-order valence-corrected chi connectivity index (χ1v) is 11.1. The Morgan fingerprint density at radius 2 is 1.77 bits per heavy atom. The summed E-state index contributed by atoms with van der Waals surface area (Å²) in [6.45, 7) is 11.0. The molecule has 2 saturated heterocycles. The molecule has 1 N–H and O–H groups in total. The molecule has 0 radical (unpaired) electrons. The van der Waals surface area contributed by atoms with Crippen molar-refractivity contribution >= 4 is 41.0 Å². The number of anilines is 1. The van der Waals surface area contributed by atoms with Crippen molar-refractivity contribution in [3.05, 3.63) is 28.2 Å². The number of likely N-dealkylation sites (tertiary alicyclic amines) is 1. The number of nitrogens with zero attached hydrogens (tertiary/aromatic N) is 3. The summed E-state index contributed by atoms with van der Waals surface area (Å²) in [6.07, 6.45) is 0.755. The van der Waals surface area contributed by atoms with Gasteiger partial charge in [0.25, 0.3) is 0 Å². The van der Waals surface area contributed by atoms with Gasteiger partial charge in [-0.3, -0.25) is 4.90 Å². The fourth-order valence-electron chi connectivity index (χ4n) is 3.75. The molecule has 2 fully saturated rings. The number of benzene rings is 1. The van der Waals surface area contributed by atoms with Crippen LogP contribution in [0, 0.1) is 5.92 Å². The van der Waals surface area contributed by atoms with E-state index in [0.29, 0.717) is 34.7 Å². The second kappa shape index (κ2) is 9.62. The van der Waals surface area contributed by atoms with Gasteiger partial charge < -0.3 is 19.9 Å². The minimum Gasteiger partial charge on any atom is -0.444 e. The number of halogens is 2. The van der Waals surface area contributed by atoms with Crippen LogP contribution in [0.25, 0.3) is 0 Å². The van der Waals surface area contributed by atoms with Gasteiger partial charge in [-0.05, 0) is 51.3 Å². The van der Waals surface area contributed by atoms with Crippen LogP contribution in [-0.4, -0.2) is 78.2 Å². The van der Waals surface area contributed by atoms with E-state index in [1.807, 2.05) is 20.8 Å². The van der Waals surface area contributed by atoms with Crippen molar-refractivity contribution in [1.29, 1.82) is 0 Å². The van der Waals surface area contributed by atoms with E-state index in [9.17, 15) is 9.59 Å². The molecule has 2 aliphatic rings. The van der Waals surface area contributed by atoms with Gasteiger partial charge in [0.2, 0.25) is 0 Å². The first-order chi connectivity index (χ1) is 14.1. The van der Waals surface area contributed by atoms with E-state index < -0.39 is 5.60 Å². The third kappa shape index (κ3) is 6.40. The average Bonchev–Trinajstić information content (AvgIpc) is 3.13. The maximum atomic E-state index is 12.5. The summed E-state index contributed by atoms with van der Waals surface area (Å²) < 4.78 is 5.47. The third-order valence-corrected chi connectivity index (χ3v) is 6.02. The molecule has 0 saturated carbocycles. The molecule has 1 atom stereocenters. The molecule has 0 spiro atoms. The van der Waals surface area contributed by atoms with Crippen LogP contribution in [0.3, 0.4) is 0 Å². The van der Waals surface area contributed by atoms with Crippen molar-refractivity contribution in [3.63, 3.8) is 0 Å². The monoisotopic (exact) mass is 456 g/mol. The normalized spacial score (nSPS) is 20.4. The highest BCUT2D eigenvalue weighted by molar-refractivity contribution is 6.42. The van der Waals surface area contributed by atoms with Crippen molar-refractivity contribution < 1.29 is 14.3 Å². The van der Waals surface area contributed by atoms with Crippen LogP contribution < -0.4 is 5.32 Å². The number of ether oxygens (including phenoxy) is 1. The van der Waals surface area contributed by atoms with Gasteiger partial charge in [-0.1, -0.05) is 23.2 Å². The van der Waals surface area contributed by atoms with Crippen molar-refractivity contribution in [2.75, 3.05) is 51.1 Å². The molecule has 9 heteroatoms. The smallest absolute Gasteiger partial charge is 0.410 e. The van der Waals surface area contributed by atoms with Gasteiger partial charge in [0.1, 0.15) is 5.60 Å². The van der Waals surface area contributed by atoms with E-state index in [1.165, 1.54) is 0 Å². The predicted octanol–water partition coefficient (Wildman–Crippen LogP) is 4.40. The van der Waals surface area contributed by atoms with Gasteiger partial charge in [0.15, 0.2) is 0 Å². The van der Waals surface area contributed by atoms with Gasteiger partial charge in [0.05, 0.1) is 10.0 Å². The molecule has 3 amide bonds. The van der Waals surface area contributed by atoms with Crippen LogP contribution in [0.4, 0.5) is 15.3 Å². The first-order valence-electron chi connectivity index (χ1n) is 10.3. The van der Waals surface area contributed by atoms with Crippen molar-refractivity contribution in [2.24, 2.45) is 5.92 Å². The highest BCUT2D eigenvalue weighted by Crippen LogP contribution is 2.25. The fourth-order valence-corrected chi connectivity index (χ4v) is 4.05. The number of hydrogen-bond acceptors (Lipinski definition) is 4. The summed E-state index contributed by atoms with van der Waals surface area (Å²) in [5.41, 5.74) is 0.161. The summed E-state index contributed by atoms with van der Waals surface area (Å²) in [5.74, 6) is 0.439. The number of nitrogens with one attached hydrogen (secondary N) is 1. The summed E-state index contributed by atoms with van der Waals surface area (Å²) >= 11 is 11.9. The van der Waals surface area contributed by atoms with Crippen molar-refractivity contribution in [1.82, 2.24) is 14.7 Å². The highest BCUT2D eigenvalue weighted by atomic mass is 35.5. The summed E-state index contributed by atoms with van der Waals surface area (Å²) in [6, 6.07) is 4.91. The van der Waals surface area contributed by atoms with Crippen LogP contribution in [0.2, 0.25) is 10.0 Å². The van der Waals surface area contributed by atoms with Gasteiger partial charge in [-0.2, -0.15) is 0 Å². The zero-order chi connectivity index (χ0) is 21.9. The number of carbonyl (C=O) groups is 2. The average molecular weight is 457 g/mol. The topological polar surface area (TPSA) is 65.1 Å². The third-order valence-electron chi connectivity index (χ3n) is 5.28. The highest BCUT2D eigenvalue weighted by Gasteiger charge is 2.31. The number of urea groups is 1. The van der Waals surface area contributed by atoms with Gasteiger partial charge >= 0.3 is 12.1 Å². The van der Waals surface area contributed by atoms with Crippen LogP contribution in [0.1, 0.15) is 27.2 Å². The summed E-state index contributed by atoms with van der Waals surface area (Å²) in [4.78, 5) is 30.7. The molecule has 1 aromatic rings. The van der Waals surface area contributed by atoms with E-state index in [4.69, 9.17) is 27.9 Å². The molecule has 166 valence electrons. The minimum absolute atomic E-state index is 0.134. The molecule has 2 aliphatic heterocycles. The molecule has 1 unspecified atom stereocenters. The Kier molecular flexibility index (Phi) is 7.37. The molecule has 0 aromatic heterocycles. The van der Waals surface area contributed by atoms with E-state index in [0.717, 1.165) is 39.1 Å². The molecule has 0 bridgehead atoms. The quantitative estimate of drug-likeness (QED) is 0.731. The number of rotatable bonds is 3. The molecule has 3 rings (SSSR count). The zero-order valence-electron chi connectivity index (χ0n) is 17.8. The summed E-state index contributed by atoms with van der Waals surface area (Å²) in [7, 11) is 0. The number of amides is 3. The van der Waals surface area contributed by atoms with E-state index in [-0.39, 0.29) is 12.1 Å². The van der Waals surface area contributed by atoms with Gasteiger partial charge in [0, 0.05) is 51.5 Å². The maximum absolute atomic E-state index is 12.5. The van der Waals surface area contributed by atoms with Crippen LogP contribution in [0.5, 0.6) is 0 Å². The molecular formula is C21H30Cl2N4O3. The molecule has 2 heterocycles. The van der Waals surface area contributed by atoms with E-state index in [1.54, 1.807) is 28.0 Å². The summed E-state index contributed by atoms with van der Waals surface area (Å²) in [5, 5.41) is 3.74. The lowest BCUT2D eigenvalue weighted by atomic mass is 10.1. The Hall–Kier alpha value is -1.70. The lowest BCUT2D eigenvalue weighted by Crippen LogP contribution is -2.51. The maximum Gasteiger partial charge on any atom is 0.410 e. The molecule has 7 nitrogen and oxygen atoms in total. The van der Waals surface area contributed by atoms with Crippen molar-refractivity contribution in [3.8, 4) is 0 Å². The molecule has 30 heavy (non-hydrogen) atoms. The zero-order valence-corrected chi connectivity index (χ0v) is 19.3. The Morgan fingerprint density at radius 1 is 1.07 bits per heavy atom. The van der Waals surface area contributed by atoms with E-state index in [2.05, 4.69) is 10.2 Å². The second-order valence-electron chi connectivity index (χ2n) is 8.93. The van der Waals surface area contributed by atoms with Gasteiger partial charge in [-0.25, -0.2) is 9.59 Å². The minimum atomic E-state index is -0.469. The largest absolute Gasteiger partial charge is 0.444 e. The SMILES string of the molecule is CC(C)(C)OC(=O)N1CCC(CN2CCN(C(=O)Nc3ccc(Cl)c(Cl)c3)CC2)C1. The van der Waals surface area contributed by atoms with Crippen molar-refractivity contribution in [2.45, 2.75) is 32.8 Å². The Morgan fingerprint density at radius 3 is 2.40 bits per heavy atom. The van der Waals surface area contributed by atoms with Crippen LogP contribution in [-0.2, 0) is 4.74 Å². The Balaban J connectivity index is 1.41. The first kappa shape index (κ1) is 23.0. The molecule has 1 aromatic carbocycles. The fraction of sp³-hybridized carbons (Fsp3) is 0.619.